The number of carbonyl (C=O) groups is 4. The summed E-state index contributed by atoms with van der Waals surface area (Å²) in [4.78, 5) is 53.5. The first kappa shape index (κ1) is 26.7. The minimum Gasteiger partial charge on any atom is -0.508 e. The third-order valence-electron chi connectivity index (χ3n) is 9.34. The van der Waals surface area contributed by atoms with Crippen LogP contribution >= 0.6 is 39.1 Å². The number of nitrogens with zero attached hydrogens (tertiary/aromatic N) is 2. The van der Waals surface area contributed by atoms with Crippen molar-refractivity contribution in [3.05, 3.63) is 82.3 Å². The van der Waals surface area contributed by atoms with Gasteiger partial charge in [0.2, 0.25) is 11.8 Å². The number of halogens is 3. The number of carbonyl (C=O) groups excluding carboxylic acids is 4. The van der Waals surface area contributed by atoms with Crippen LogP contribution in [-0.2, 0) is 19.2 Å². The molecule has 4 amide bonds. The lowest BCUT2D eigenvalue weighted by Gasteiger charge is -2.51. The van der Waals surface area contributed by atoms with Gasteiger partial charge in [-0.1, -0.05) is 57.9 Å². The van der Waals surface area contributed by atoms with E-state index >= 15 is 0 Å². The van der Waals surface area contributed by atoms with E-state index in [0.717, 1.165) is 14.8 Å². The molecule has 3 aromatic carbocycles. The Kier molecular flexibility index (Phi) is 5.79. The standard InChI is InChI=1S/C31H23BrCl2N2O5/c1-35-28(40)30(33)14-21-19(11-12-20-23(21)27(39)36(26(20)38)17-9-7-16(32)8-10-17)25(31(30,34)29(35)41)24-18-5-3-2-4-15(18)6-13-22(24)37/h2-11,13,20-21,23,25,37H,12,14H2,1H3/t20-,21+,23-,25+,30+,31-/m0/s1. The zero-order valence-electron chi connectivity index (χ0n) is 21.7. The number of anilines is 1. The summed E-state index contributed by atoms with van der Waals surface area (Å²) in [6.45, 7) is 0. The van der Waals surface area contributed by atoms with Gasteiger partial charge in [-0.25, -0.2) is 0 Å². The van der Waals surface area contributed by atoms with Crippen molar-refractivity contribution >= 4 is 79.2 Å². The predicted octanol–water partition coefficient (Wildman–Crippen LogP) is 5.50. The van der Waals surface area contributed by atoms with Crippen molar-refractivity contribution in [3.63, 3.8) is 0 Å². The summed E-state index contributed by atoms with van der Waals surface area (Å²) in [5.41, 5.74) is 1.47. The minimum atomic E-state index is -1.96. The number of phenolic OH excluding ortho intramolecular Hbond substituents is 1. The summed E-state index contributed by atoms with van der Waals surface area (Å²) in [6.07, 6.45) is 2.01. The molecular weight excluding hydrogens is 631 g/mol. The quantitative estimate of drug-likeness (QED) is 0.224. The molecule has 2 aliphatic carbocycles. The average molecular weight is 654 g/mol. The molecule has 0 radical (unpaired) electrons. The average Bonchev–Trinajstić information content (AvgIpc) is 3.29. The van der Waals surface area contributed by atoms with Crippen molar-refractivity contribution in [2.45, 2.75) is 28.5 Å². The number of rotatable bonds is 2. The molecule has 3 fully saturated rings. The first-order valence-electron chi connectivity index (χ1n) is 13.2. The number of aromatic hydroxyl groups is 1. The molecule has 2 saturated heterocycles. The molecule has 3 aromatic rings. The number of alkyl halides is 2. The minimum absolute atomic E-state index is 0.100. The second kappa shape index (κ2) is 8.90. The summed E-state index contributed by atoms with van der Waals surface area (Å²) >= 11 is 17.9. The molecule has 0 spiro atoms. The van der Waals surface area contributed by atoms with Gasteiger partial charge in [0.25, 0.3) is 11.8 Å². The van der Waals surface area contributed by atoms with Gasteiger partial charge in [0.15, 0.2) is 9.75 Å². The normalized spacial score (nSPS) is 32.7. The molecule has 7 nitrogen and oxygen atoms in total. The van der Waals surface area contributed by atoms with E-state index in [4.69, 9.17) is 23.2 Å². The van der Waals surface area contributed by atoms with Gasteiger partial charge < -0.3 is 5.11 Å². The van der Waals surface area contributed by atoms with Gasteiger partial charge in [-0.15, -0.1) is 23.2 Å². The number of hydrogen-bond acceptors (Lipinski definition) is 5. The Balaban J connectivity index is 1.45. The lowest BCUT2D eigenvalue weighted by Crippen LogP contribution is -2.60. The largest absolute Gasteiger partial charge is 0.508 e. The third-order valence-corrected chi connectivity index (χ3v) is 11.3. The smallest absolute Gasteiger partial charge is 0.253 e. The zero-order chi connectivity index (χ0) is 29.0. The summed E-state index contributed by atoms with van der Waals surface area (Å²) in [6, 6.07) is 17.6. The van der Waals surface area contributed by atoms with E-state index in [2.05, 4.69) is 15.9 Å². The van der Waals surface area contributed by atoms with Crippen LogP contribution in [0, 0.1) is 17.8 Å². The molecule has 4 aliphatic rings. The molecule has 6 atom stereocenters. The lowest BCUT2D eigenvalue weighted by molar-refractivity contribution is -0.138. The van der Waals surface area contributed by atoms with Crippen LogP contribution in [-0.4, -0.2) is 50.4 Å². The molecular formula is C31H23BrCl2N2O5. The van der Waals surface area contributed by atoms with Crippen LogP contribution in [0.15, 0.2) is 76.8 Å². The number of benzene rings is 3. The van der Waals surface area contributed by atoms with E-state index in [1.807, 2.05) is 30.3 Å². The predicted molar refractivity (Wildman–Crippen MR) is 158 cm³/mol. The number of amides is 4. The third kappa shape index (κ3) is 3.32. The number of hydrogen-bond donors (Lipinski definition) is 1. The Morgan fingerprint density at radius 1 is 0.902 bits per heavy atom. The number of likely N-dealkylation sites (tertiary alicyclic amines) is 1. The molecule has 1 N–H and O–H groups in total. The van der Waals surface area contributed by atoms with E-state index in [1.165, 1.54) is 18.0 Å². The Morgan fingerprint density at radius 2 is 1.61 bits per heavy atom. The number of allylic oxidation sites excluding steroid dienone is 2. The highest BCUT2D eigenvalue weighted by molar-refractivity contribution is 9.10. The van der Waals surface area contributed by atoms with Crippen molar-refractivity contribution in [2.75, 3.05) is 11.9 Å². The molecule has 0 bridgehead atoms. The van der Waals surface area contributed by atoms with Crippen molar-refractivity contribution in [3.8, 4) is 5.75 Å². The van der Waals surface area contributed by atoms with Crippen LogP contribution in [0.4, 0.5) is 5.69 Å². The summed E-state index contributed by atoms with van der Waals surface area (Å²) < 4.78 is 0.808. The van der Waals surface area contributed by atoms with Crippen LogP contribution in [0.5, 0.6) is 5.75 Å². The maximum atomic E-state index is 14.1. The van der Waals surface area contributed by atoms with Crippen molar-refractivity contribution in [1.82, 2.24) is 4.90 Å². The summed E-state index contributed by atoms with van der Waals surface area (Å²) in [5.74, 6) is -5.29. The van der Waals surface area contributed by atoms with Gasteiger partial charge in [-0.3, -0.25) is 29.0 Å². The SMILES string of the molecule is CN1C(=O)[C@]2(Cl)C[C@@H]3C(=CC[C@@H]4C(=O)N(c5ccc(Br)cc5)C(=O)[C@@H]43)[C@H](c3c(O)ccc4ccccc34)[C@]2(Cl)C1=O. The Hall–Kier alpha value is -3.20. The molecule has 208 valence electrons. The van der Waals surface area contributed by atoms with Crippen LogP contribution in [0.25, 0.3) is 10.8 Å². The second-order valence-electron chi connectivity index (χ2n) is 11.2. The Bertz CT molecular complexity index is 1740. The highest BCUT2D eigenvalue weighted by Gasteiger charge is 2.76. The fraction of sp³-hybridized carbons (Fsp3) is 0.290. The van der Waals surface area contributed by atoms with Gasteiger partial charge in [0.05, 0.1) is 17.5 Å². The van der Waals surface area contributed by atoms with E-state index in [0.29, 0.717) is 22.2 Å². The highest BCUT2D eigenvalue weighted by Crippen LogP contribution is 2.66. The molecule has 10 heteroatoms. The van der Waals surface area contributed by atoms with E-state index in [1.54, 1.807) is 30.3 Å². The monoisotopic (exact) mass is 652 g/mol. The molecule has 0 unspecified atom stereocenters. The van der Waals surface area contributed by atoms with Gasteiger partial charge in [-0.05, 0) is 59.9 Å². The topological polar surface area (TPSA) is 95.0 Å². The maximum Gasteiger partial charge on any atom is 0.253 e. The van der Waals surface area contributed by atoms with Crippen LogP contribution in [0.1, 0.15) is 24.3 Å². The van der Waals surface area contributed by atoms with E-state index in [9.17, 15) is 24.3 Å². The molecule has 1 saturated carbocycles. The van der Waals surface area contributed by atoms with E-state index < -0.39 is 45.2 Å². The van der Waals surface area contributed by atoms with Crippen molar-refractivity contribution < 1.29 is 24.3 Å². The fourth-order valence-corrected chi connectivity index (χ4v) is 8.76. The maximum absolute atomic E-state index is 14.1. The molecule has 0 aromatic heterocycles. The van der Waals surface area contributed by atoms with Crippen LogP contribution < -0.4 is 4.90 Å². The Labute approximate surface area is 253 Å². The Morgan fingerprint density at radius 3 is 2.34 bits per heavy atom. The fourth-order valence-electron chi connectivity index (χ4n) is 7.49. The second-order valence-corrected chi connectivity index (χ2v) is 13.4. The summed E-state index contributed by atoms with van der Waals surface area (Å²) in [5, 5.41) is 12.8. The molecule has 2 aliphatic heterocycles. The first-order valence-corrected chi connectivity index (χ1v) is 14.8. The first-order chi connectivity index (χ1) is 19.5. The lowest BCUT2D eigenvalue weighted by atomic mass is 9.56. The van der Waals surface area contributed by atoms with Gasteiger partial charge >= 0.3 is 0 Å². The molecule has 7 rings (SSSR count). The number of phenols is 1. The van der Waals surface area contributed by atoms with Gasteiger partial charge in [-0.2, -0.15) is 0 Å². The number of imide groups is 2. The zero-order valence-corrected chi connectivity index (χ0v) is 24.8. The van der Waals surface area contributed by atoms with E-state index in [-0.39, 0.29) is 30.4 Å². The highest BCUT2D eigenvalue weighted by atomic mass is 79.9. The summed E-state index contributed by atoms with van der Waals surface area (Å²) in [7, 11) is 1.34. The van der Waals surface area contributed by atoms with Crippen LogP contribution in [0.2, 0.25) is 0 Å². The van der Waals surface area contributed by atoms with Gasteiger partial charge in [0, 0.05) is 23.0 Å². The number of fused-ring (bicyclic) bond motifs is 5. The van der Waals surface area contributed by atoms with Gasteiger partial charge in [0.1, 0.15) is 5.75 Å². The van der Waals surface area contributed by atoms with Crippen molar-refractivity contribution in [2.24, 2.45) is 17.8 Å². The van der Waals surface area contributed by atoms with Crippen molar-refractivity contribution in [1.29, 1.82) is 0 Å². The molecule has 41 heavy (non-hydrogen) atoms. The molecule has 2 heterocycles. The van der Waals surface area contributed by atoms with Crippen LogP contribution in [0.3, 0.4) is 0 Å².